The first kappa shape index (κ1) is 21.3. The molecule has 2 atom stereocenters. The predicted molar refractivity (Wildman–Crippen MR) is 113 cm³/mol. The Labute approximate surface area is 168 Å². The summed E-state index contributed by atoms with van der Waals surface area (Å²) in [6.45, 7) is 4.83. The molecule has 0 aliphatic rings. The molecule has 2 aromatic carbocycles. The van der Waals surface area contributed by atoms with Gasteiger partial charge >= 0.3 is 0 Å². The van der Waals surface area contributed by atoms with Crippen molar-refractivity contribution in [2.24, 2.45) is 11.3 Å². The lowest BCUT2D eigenvalue weighted by atomic mass is 9.68. The predicted octanol–water partition coefficient (Wildman–Crippen LogP) is 6.97. The molecule has 0 bridgehead atoms. The van der Waals surface area contributed by atoms with Crippen molar-refractivity contribution in [3.8, 4) is 0 Å². The van der Waals surface area contributed by atoms with E-state index in [0.717, 1.165) is 48.6 Å². The molecule has 0 aliphatic heterocycles. The van der Waals surface area contributed by atoms with Gasteiger partial charge in [-0.1, -0.05) is 73.8 Å². The highest BCUT2D eigenvalue weighted by Crippen LogP contribution is 2.41. The van der Waals surface area contributed by atoms with Crippen molar-refractivity contribution in [2.45, 2.75) is 52.4 Å². The molecular weight excluding hydrogens is 363 g/mol. The van der Waals surface area contributed by atoms with Crippen LogP contribution < -0.4 is 0 Å². The highest BCUT2D eigenvalue weighted by atomic mass is 35.5. The summed E-state index contributed by atoms with van der Waals surface area (Å²) in [6, 6.07) is 16.2. The minimum Gasteiger partial charge on any atom is -0.396 e. The number of aryl methyl sites for hydroxylation is 1. The average molecular weight is 393 g/mol. The van der Waals surface area contributed by atoms with Gasteiger partial charge in [0.05, 0.1) is 0 Å². The Bertz CT molecular complexity index is 685. The van der Waals surface area contributed by atoms with E-state index in [2.05, 4.69) is 32.0 Å². The second-order valence-corrected chi connectivity index (χ2v) is 8.35. The summed E-state index contributed by atoms with van der Waals surface area (Å²) in [5, 5.41) is 11.3. The molecule has 2 rings (SSSR count). The van der Waals surface area contributed by atoms with Crippen molar-refractivity contribution in [3.05, 3.63) is 69.7 Å². The topological polar surface area (TPSA) is 20.2 Å². The fourth-order valence-corrected chi connectivity index (χ4v) is 4.29. The highest BCUT2D eigenvalue weighted by Gasteiger charge is 2.32. The first-order chi connectivity index (χ1) is 12.5. The van der Waals surface area contributed by atoms with E-state index < -0.39 is 0 Å². The van der Waals surface area contributed by atoms with Gasteiger partial charge < -0.3 is 5.11 Å². The maximum Gasteiger partial charge on any atom is 0.0438 e. The minimum absolute atomic E-state index is 0.127. The molecule has 1 N–H and O–H groups in total. The van der Waals surface area contributed by atoms with Gasteiger partial charge in [0.1, 0.15) is 0 Å². The smallest absolute Gasteiger partial charge is 0.0438 e. The molecule has 0 saturated carbocycles. The van der Waals surface area contributed by atoms with E-state index in [9.17, 15) is 5.11 Å². The van der Waals surface area contributed by atoms with Crippen LogP contribution in [0, 0.1) is 11.3 Å². The molecule has 0 radical (unpaired) electrons. The zero-order chi connectivity index (χ0) is 19.0. The van der Waals surface area contributed by atoms with E-state index >= 15 is 0 Å². The number of hydrogen-bond acceptors (Lipinski definition) is 1. The molecule has 0 heterocycles. The zero-order valence-electron chi connectivity index (χ0n) is 15.8. The second kappa shape index (κ2) is 10.3. The Morgan fingerprint density at radius 2 is 1.81 bits per heavy atom. The van der Waals surface area contributed by atoms with Crippen molar-refractivity contribution in [1.29, 1.82) is 0 Å². The molecule has 3 heteroatoms. The van der Waals surface area contributed by atoms with Gasteiger partial charge in [-0.2, -0.15) is 0 Å². The van der Waals surface area contributed by atoms with Gasteiger partial charge in [-0.3, -0.25) is 0 Å². The van der Waals surface area contributed by atoms with Crippen molar-refractivity contribution in [3.63, 3.8) is 0 Å². The van der Waals surface area contributed by atoms with Gasteiger partial charge in [-0.05, 0) is 72.8 Å². The third-order valence-corrected chi connectivity index (χ3v) is 6.33. The Morgan fingerprint density at radius 3 is 2.46 bits per heavy atom. The number of halogens is 2. The molecule has 2 unspecified atom stereocenters. The van der Waals surface area contributed by atoms with Crippen molar-refractivity contribution >= 4 is 23.2 Å². The SMILES string of the molecule is CCC(C)(Cc1ccccc1Cl)C(CCO)CCCc1cccc(Cl)c1. The van der Waals surface area contributed by atoms with Gasteiger partial charge in [-0.25, -0.2) is 0 Å². The van der Waals surface area contributed by atoms with Crippen LogP contribution in [0.2, 0.25) is 10.0 Å². The number of rotatable bonds is 10. The average Bonchev–Trinajstić information content (AvgIpc) is 2.63. The summed E-state index contributed by atoms with van der Waals surface area (Å²) in [4.78, 5) is 0. The summed E-state index contributed by atoms with van der Waals surface area (Å²) in [7, 11) is 0. The van der Waals surface area contributed by atoms with Gasteiger partial charge in [0, 0.05) is 16.7 Å². The first-order valence-corrected chi connectivity index (χ1v) is 10.3. The fraction of sp³-hybridized carbons (Fsp3) is 0.478. The van der Waals surface area contributed by atoms with E-state index in [1.807, 2.05) is 30.3 Å². The molecule has 0 spiro atoms. The van der Waals surface area contributed by atoms with Crippen LogP contribution in [0.15, 0.2) is 48.5 Å². The normalized spacial score (nSPS) is 14.8. The van der Waals surface area contributed by atoms with Gasteiger partial charge in [0.25, 0.3) is 0 Å². The van der Waals surface area contributed by atoms with Crippen molar-refractivity contribution in [2.75, 3.05) is 6.61 Å². The van der Waals surface area contributed by atoms with Gasteiger partial charge in [0.15, 0.2) is 0 Å². The number of aliphatic hydroxyl groups is 1. The third-order valence-electron chi connectivity index (χ3n) is 5.73. The van der Waals surface area contributed by atoms with Crippen LogP contribution in [0.25, 0.3) is 0 Å². The largest absolute Gasteiger partial charge is 0.396 e. The summed E-state index contributed by atoms with van der Waals surface area (Å²) in [5.41, 5.74) is 2.61. The summed E-state index contributed by atoms with van der Waals surface area (Å²) >= 11 is 12.5. The Morgan fingerprint density at radius 1 is 1.04 bits per heavy atom. The summed E-state index contributed by atoms with van der Waals surface area (Å²) in [6.07, 6.45) is 6.08. The van der Waals surface area contributed by atoms with E-state index in [0.29, 0.717) is 5.92 Å². The molecule has 0 aliphatic carbocycles. The molecule has 26 heavy (non-hydrogen) atoms. The Hall–Kier alpha value is -1.02. The Balaban J connectivity index is 2.05. The lowest BCUT2D eigenvalue weighted by Gasteiger charge is -2.38. The van der Waals surface area contributed by atoms with Crippen LogP contribution >= 0.6 is 23.2 Å². The van der Waals surface area contributed by atoms with Crippen LogP contribution in [0.3, 0.4) is 0 Å². The number of benzene rings is 2. The lowest BCUT2D eigenvalue weighted by Crippen LogP contribution is -2.30. The molecule has 0 fully saturated rings. The summed E-state index contributed by atoms with van der Waals surface area (Å²) in [5.74, 6) is 0.466. The fourth-order valence-electron chi connectivity index (χ4n) is 3.88. The van der Waals surface area contributed by atoms with Crippen LogP contribution in [-0.4, -0.2) is 11.7 Å². The van der Waals surface area contributed by atoms with E-state index in [4.69, 9.17) is 23.2 Å². The maximum absolute atomic E-state index is 9.63. The van der Waals surface area contributed by atoms with Crippen LogP contribution in [-0.2, 0) is 12.8 Å². The quantitative estimate of drug-likeness (QED) is 0.462. The van der Waals surface area contributed by atoms with Gasteiger partial charge in [-0.15, -0.1) is 0 Å². The minimum atomic E-state index is 0.127. The van der Waals surface area contributed by atoms with Gasteiger partial charge in [0.2, 0.25) is 0 Å². The number of hydrogen-bond donors (Lipinski definition) is 1. The highest BCUT2D eigenvalue weighted by molar-refractivity contribution is 6.31. The molecule has 1 nitrogen and oxygen atoms in total. The number of aliphatic hydroxyl groups excluding tert-OH is 1. The standard InChI is InChI=1S/C23H30Cl2O/c1-3-23(2,17-19-10-4-5-13-22(19)25)20(14-15-26)11-6-8-18-9-7-12-21(24)16-18/h4-5,7,9-10,12-13,16,20,26H,3,6,8,11,14-15,17H2,1-2H3. The lowest BCUT2D eigenvalue weighted by molar-refractivity contribution is 0.123. The monoisotopic (exact) mass is 392 g/mol. The second-order valence-electron chi connectivity index (χ2n) is 7.51. The Kier molecular flexibility index (Phi) is 8.47. The molecule has 142 valence electrons. The van der Waals surface area contributed by atoms with Crippen LogP contribution in [0.5, 0.6) is 0 Å². The third kappa shape index (κ3) is 6.01. The summed E-state index contributed by atoms with van der Waals surface area (Å²) < 4.78 is 0. The molecule has 2 aromatic rings. The molecule has 0 saturated heterocycles. The van der Waals surface area contributed by atoms with Crippen molar-refractivity contribution in [1.82, 2.24) is 0 Å². The zero-order valence-corrected chi connectivity index (χ0v) is 17.4. The van der Waals surface area contributed by atoms with E-state index in [-0.39, 0.29) is 12.0 Å². The molecule has 0 amide bonds. The molecular formula is C23H30Cl2O. The van der Waals surface area contributed by atoms with Crippen LogP contribution in [0.4, 0.5) is 0 Å². The maximum atomic E-state index is 9.63. The van der Waals surface area contributed by atoms with Crippen LogP contribution in [0.1, 0.15) is 50.7 Å². The van der Waals surface area contributed by atoms with E-state index in [1.54, 1.807) is 0 Å². The van der Waals surface area contributed by atoms with Crippen molar-refractivity contribution < 1.29 is 5.11 Å². The first-order valence-electron chi connectivity index (χ1n) is 9.57. The molecule has 0 aromatic heterocycles. The van der Waals surface area contributed by atoms with E-state index in [1.165, 1.54) is 11.1 Å².